The second kappa shape index (κ2) is 2.89. The molecule has 0 radical (unpaired) electrons. The van der Waals surface area contributed by atoms with Crippen molar-refractivity contribution in [2.24, 2.45) is 17.8 Å². The van der Waals surface area contributed by atoms with Crippen molar-refractivity contribution in [3.05, 3.63) is 12.2 Å². The smallest absolute Gasteiger partial charge is 0.0762 e. The summed E-state index contributed by atoms with van der Waals surface area (Å²) in [6, 6.07) is 0. The first-order chi connectivity index (χ1) is 6.13. The summed E-state index contributed by atoms with van der Waals surface area (Å²) in [6.45, 7) is 1.88. The SMILES string of the molecule is C#CCC(C)(O)C1CC2C=CC1C2. The number of aliphatic hydroxyl groups is 1. The van der Waals surface area contributed by atoms with Gasteiger partial charge >= 0.3 is 0 Å². The molecule has 0 aromatic rings. The zero-order chi connectivity index (χ0) is 9.47. The molecular formula is C12H16O. The summed E-state index contributed by atoms with van der Waals surface area (Å²) < 4.78 is 0. The first kappa shape index (κ1) is 8.84. The third-order valence-corrected chi connectivity index (χ3v) is 3.54. The molecule has 0 aromatic heterocycles. The van der Waals surface area contributed by atoms with E-state index >= 15 is 0 Å². The molecule has 2 rings (SSSR count). The molecule has 13 heavy (non-hydrogen) atoms. The Bertz CT molecular complexity index is 269. The molecule has 0 aromatic carbocycles. The molecule has 70 valence electrons. The lowest BCUT2D eigenvalue weighted by Crippen LogP contribution is -2.36. The number of terminal acetylenes is 1. The highest BCUT2D eigenvalue weighted by Gasteiger charge is 2.44. The number of hydrogen-bond acceptors (Lipinski definition) is 1. The van der Waals surface area contributed by atoms with Crippen LogP contribution in [0.25, 0.3) is 0 Å². The Kier molecular flexibility index (Phi) is 1.96. The molecule has 0 spiro atoms. The van der Waals surface area contributed by atoms with E-state index in [0.29, 0.717) is 24.2 Å². The molecule has 0 amide bonds. The van der Waals surface area contributed by atoms with Crippen molar-refractivity contribution in [2.75, 3.05) is 0 Å². The number of fused-ring (bicyclic) bond motifs is 2. The first-order valence-electron chi connectivity index (χ1n) is 4.97. The van der Waals surface area contributed by atoms with Gasteiger partial charge in [-0.1, -0.05) is 12.2 Å². The number of hydrogen-bond donors (Lipinski definition) is 1. The lowest BCUT2D eigenvalue weighted by atomic mass is 9.78. The van der Waals surface area contributed by atoms with E-state index < -0.39 is 5.60 Å². The van der Waals surface area contributed by atoms with Gasteiger partial charge in [-0.2, -0.15) is 0 Å². The molecule has 0 heterocycles. The van der Waals surface area contributed by atoms with Crippen molar-refractivity contribution in [3.63, 3.8) is 0 Å². The van der Waals surface area contributed by atoms with Gasteiger partial charge in [-0.15, -0.1) is 12.3 Å². The molecule has 0 saturated heterocycles. The predicted molar refractivity (Wildman–Crippen MR) is 52.9 cm³/mol. The molecule has 1 heteroatoms. The van der Waals surface area contributed by atoms with Gasteiger partial charge in [-0.05, 0) is 37.5 Å². The van der Waals surface area contributed by atoms with Gasteiger partial charge in [-0.3, -0.25) is 0 Å². The predicted octanol–water partition coefficient (Wildman–Crippen LogP) is 1.97. The van der Waals surface area contributed by atoms with Crippen LogP contribution in [0.15, 0.2) is 12.2 Å². The van der Waals surface area contributed by atoms with Crippen molar-refractivity contribution in [1.82, 2.24) is 0 Å². The minimum Gasteiger partial charge on any atom is -0.389 e. The monoisotopic (exact) mass is 176 g/mol. The summed E-state index contributed by atoms with van der Waals surface area (Å²) in [7, 11) is 0. The van der Waals surface area contributed by atoms with Gasteiger partial charge < -0.3 is 5.11 Å². The molecule has 1 N–H and O–H groups in total. The topological polar surface area (TPSA) is 20.2 Å². The van der Waals surface area contributed by atoms with Crippen molar-refractivity contribution in [1.29, 1.82) is 0 Å². The van der Waals surface area contributed by atoms with E-state index in [4.69, 9.17) is 6.42 Å². The van der Waals surface area contributed by atoms with E-state index in [-0.39, 0.29) is 0 Å². The molecule has 2 aliphatic carbocycles. The van der Waals surface area contributed by atoms with E-state index in [0.717, 1.165) is 6.42 Å². The van der Waals surface area contributed by atoms with E-state index in [9.17, 15) is 5.11 Å². The van der Waals surface area contributed by atoms with Crippen LogP contribution in [0.5, 0.6) is 0 Å². The van der Waals surface area contributed by atoms with E-state index in [1.165, 1.54) is 6.42 Å². The molecule has 1 saturated carbocycles. The van der Waals surface area contributed by atoms with Crippen LogP contribution in [0.2, 0.25) is 0 Å². The van der Waals surface area contributed by atoms with Crippen LogP contribution < -0.4 is 0 Å². The quantitative estimate of drug-likeness (QED) is 0.504. The van der Waals surface area contributed by atoms with Gasteiger partial charge in [-0.25, -0.2) is 0 Å². The van der Waals surface area contributed by atoms with Gasteiger partial charge in [0.25, 0.3) is 0 Å². The molecule has 4 unspecified atom stereocenters. The Hall–Kier alpha value is -0.740. The molecular weight excluding hydrogens is 160 g/mol. The maximum atomic E-state index is 10.2. The maximum absolute atomic E-state index is 10.2. The Morgan fingerprint density at radius 1 is 1.54 bits per heavy atom. The highest BCUT2D eigenvalue weighted by molar-refractivity contribution is 5.14. The molecule has 1 nitrogen and oxygen atoms in total. The minimum absolute atomic E-state index is 0.388. The van der Waals surface area contributed by atoms with E-state index in [1.54, 1.807) is 0 Å². The standard InChI is InChI=1S/C12H16O/c1-3-6-12(2,13)11-8-9-4-5-10(11)7-9/h1,4-5,9-11,13H,6-8H2,2H3. The summed E-state index contributed by atoms with van der Waals surface area (Å²) in [4.78, 5) is 0. The summed E-state index contributed by atoms with van der Waals surface area (Å²) in [5, 5.41) is 10.2. The van der Waals surface area contributed by atoms with Crippen LogP contribution >= 0.6 is 0 Å². The average molecular weight is 176 g/mol. The fourth-order valence-electron chi connectivity index (χ4n) is 2.83. The van der Waals surface area contributed by atoms with Crippen LogP contribution in [0.3, 0.4) is 0 Å². The lowest BCUT2D eigenvalue weighted by Gasteiger charge is -2.32. The van der Waals surface area contributed by atoms with Gasteiger partial charge in [0.15, 0.2) is 0 Å². The van der Waals surface area contributed by atoms with Crippen LogP contribution in [0.1, 0.15) is 26.2 Å². The number of allylic oxidation sites excluding steroid dienone is 2. The summed E-state index contributed by atoms with van der Waals surface area (Å²) >= 11 is 0. The van der Waals surface area contributed by atoms with Crippen LogP contribution in [-0.4, -0.2) is 10.7 Å². The molecule has 0 aliphatic heterocycles. The largest absolute Gasteiger partial charge is 0.389 e. The van der Waals surface area contributed by atoms with Gasteiger partial charge in [0.1, 0.15) is 0 Å². The second-order valence-electron chi connectivity index (χ2n) is 4.62. The molecule has 2 bridgehead atoms. The molecule has 2 aliphatic rings. The van der Waals surface area contributed by atoms with Crippen LogP contribution in [0.4, 0.5) is 0 Å². The zero-order valence-corrected chi connectivity index (χ0v) is 8.03. The lowest BCUT2D eigenvalue weighted by molar-refractivity contribution is -0.00717. The van der Waals surface area contributed by atoms with Crippen molar-refractivity contribution in [2.45, 2.75) is 31.8 Å². The normalized spacial score (nSPS) is 40.2. The average Bonchev–Trinajstić information content (AvgIpc) is 2.63. The maximum Gasteiger partial charge on any atom is 0.0762 e. The third-order valence-electron chi connectivity index (χ3n) is 3.54. The van der Waals surface area contributed by atoms with Gasteiger partial charge in [0.2, 0.25) is 0 Å². The first-order valence-corrected chi connectivity index (χ1v) is 4.97. The fourth-order valence-corrected chi connectivity index (χ4v) is 2.83. The minimum atomic E-state index is -0.654. The fraction of sp³-hybridized carbons (Fsp3) is 0.667. The highest BCUT2D eigenvalue weighted by Crippen LogP contribution is 2.48. The second-order valence-corrected chi connectivity index (χ2v) is 4.62. The van der Waals surface area contributed by atoms with E-state index in [1.807, 2.05) is 6.92 Å². The van der Waals surface area contributed by atoms with Crippen LogP contribution in [-0.2, 0) is 0 Å². The Morgan fingerprint density at radius 3 is 2.77 bits per heavy atom. The van der Waals surface area contributed by atoms with Gasteiger partial charge in [0, 0.05) is 6.42 Å². The Balaban J connectivity index is 2.11. The zero-order valence-electron chi connectivity index (χ0n) is 8.03. The van der Waals surface area contributed by atoms with E-state index in [2.05, 4.69) is 18.1 Å². The Morgan fingerprint density at radius 2 is 2.31 bits per heavy atom. The van der Waals surface area contributed by atoms with Crippen LogP contribution in [0, 0.1) is 30.1 Å². The summed E-state index contributed by atoms with van der Waals surface area (Å²) in [6.07, 6.45) is 12.6. The Labute approximate surface area is 79.8 Å². The third kappa shape index (κ3) is 1.40. The summed E-state index contributed by atoms with van der Waals surface area (Å²) in [5.41, 5.74) is -0.654. The number of rotatable bonds is 2. The molecule has 4 atom stereocenters. The van der Waals surface area contributed by atoms with Crippen molar-refractivity contribution in [3.8, 4) is 12.3 Å². The van der Waals surface area contributed by atoms with Gasteiger partial charge in [0.05, 0.1) is 5.60 Å². The summed E-state index contributed by atoms with van der Waals surface area (Å²) in [5.74, 6) is 4.24. The van der Waals surface area contributed by atoms with Crippen molar-refractivity contribution < 1.29 is 5.11 Å². The highest BCUT2D eigenvalue weighted by atomic mass is 16.3. The molecule has 1 fully saturated rings. The van der Waals surface area contributed by atoms with Crippen molar-refractivity contribution >= 4 is 0 Å².